The van der Waals surface area contributed by atoms with Crippen molar-refractivity contribution in [2.45, 2.75) is 51.4 Å². The Bertz CT molecular complexity index is 1440. The van der Waals surface area contributed by atoms with Gasteiger partial charge in [0, 0.05) is 11.9 Å². The first-order valence-corrected chi connectivity index (χ1v) is 13.4. The number of rotatable bonds is 1. The zero-order chi connectivity index (χ0) is 26.7. The van der Waals surface area contributed by atoms with E-state index in [-0.39, 0.29) is 30.9 Å². The summed E-state index contributed by atoms with van der Waals surface area (Å²) < 4.78 is 0. The fourth-order valence-corrected chi connectivity index (χ4v) is 6.12. The van der Waals surface area contributed by atoms with Crippen molar-refractivity contribution in [3.05, 3.63) is 103 Å². The summed E-state index contributed by atoms with van der Waals surface area (Å²) in [7, 11) is 4.34. The number of aromatic nitrogens is 1. The number of para-hydroxylation sites is 1. The summed E-state index contributed by atoms with van der Waals surface area (Å²) in [6, 6.07) is 29.3. The molecule has 1 aliphatic carbocycles. The monoisotopic (exact) mass is 692 g/mol. The third-order valence-electron chi connectivity index (χ3n) is 8.36. The molecule has 0 fully saturated rings. The topological polar surface area (TPSA) is 22.6 Å². The van der Waals surface area contributed by atoms with Crippen LogP contribution in [0.2, 0.25) is 0 Å². The minimum Gasteiger partial charge on any atom is -0.504 e. The van der Waals surface area contributed by atoms with Gasteiger partial charge in [0.2, 0.25) is 0 Å². The minimum absolute atomic E-state index is 0. The largest absolute Gasteiger partial charge is 3.00 e. The van der Waals surface area contributed by atoms with E-state index < -0.39 is 0 Å². The van der Waals surface area contributed by atoms with Gasteiger partial charge in [-0.05, 0) is 55.5 Å². The van der Waals surface area contributed by atoms with Gasteiger partial charge in [0.25, 0.3) is 0 Å². The number of anilines is 5. The maximum Gasteiger partial charge on any atom is 3.00 e. The van der Waals surface area contributed by atoms with Crippen LogP contribution in [0.1, 0.15) is 51.7 Å². The molecule has 3 aliphatic rings. The van der Waals surface area contributed by atoms with E-state index in [1.807, 2.05) is 42.5 Å². The van der Waals surface area contributed by atoms with Crippen LogP contribution in [0, 0.1) is 18.8 Å². The second kappa shape index (κ2) is 10.1. The van der Waals surface area contributed by atoms with Crippen molar-refractivity contribution in [1.82, 2.24) is 4.98 Å². The average molecular weight is 692 g/mol. The molecule has 4 nitrogen and oxygen atoms in total. The molecule has 3 aromatic carbocycles. The molecule has 0 saturated carbocycles. The van der Waals surface area contributed by atoms with Gasteiger partial charge >= 0.3 is 20.1 Å². The first-order chi connectivity index (χ1) is 18.2. The van der Waals surface area contributed by atoms with Crippen molar-refractivity contribution in [3.8, 4) is 11.3 Å². The average Bonchev–Trinajstić information content (AvgIpc) is 3.28. The molecule has 1 aromatic heterocycles. The second-order valence-corrected chi connectivity index (χ2v) is 11.8. The molecule has 0 spiro atoms. The maximum atomic E-state index is 4.22. The first-order valence-electron chi connectivity index (χ1n) is 13.4. The zero-order valence-corrected chi connectivity index (χ0v) is 25.9. The first kappa shape index (κ1) is 27.4. The molecular formula is C34H35IrN4. The molecule has 0 atom stereocenters. The van der Waals surface area contributed by atoms with Gasteiger partial charge in [-0.15, -0.1) is 47.0 Å². The van der Waals surface area contributed by atoms with Crippen molar-refractivity contribution in [1.29, 1.82) is 0 Å². The van der Waals surface area contributed by atoms with Gasteiger partial charge in [0.1, 0.15) is 0 Å². The summed E-state index contributed by atoms with van der Waals surface area (Å²) in [4.78, 5) is 11.2. The van der Waals surface area contributed by atoms with Gasteiger partial charge in [-0.25, -0.2) is 0 Å². The molecule has 0 saturated heterocycles. The number of benzene rings is 3. The number of pyridine rings is 1. The van der Waals surface area contributed by atoms with E-state index in [0.29, 0.717) is 0 Å². The van der Waals surface area contributed by atoms with Crippen LogP contribution >= 0.6 is 0 Å². The zero-order valence-electron chi connectivity index (χ0n) is 23.5. The van der Waals surface area contributed by atoms with Gasteiger partial charge in [-0.2, -0.15) is 18.8 Å². The molecule has 4 aromatic rings. The van der Waals surface area contributed by atoms with Crippen LogP contribution in [-0.4, -0.2) is 19.1 Å². The Morgan fingerprint density at radius 3 is 2.28 bits per heavy atom. The van der Waals surface area contributed by atoms with E-state index in [9.17, 15) is 0 Å². The summed E-state index contributed by atoms with van der Waals surface area (Å²) in [5.41, 5.74) is 11.7. The predicted octanol–water partition coefficient (Wildman–Crippen LogP) is 8.17. The molecule has 3 heterocycles. The Kier molecular flexibility index (Phi) is 7.11. The normalized spacial score (nSPS) is 17.2. The molecule has 0 N–H and O–H groups in total. The van der Waals surface area contributed by atoms with Crippen LogP contribution in [0.25, 0.3) is 11.3 Å². The van der Waals surface area contributed by atoms with E-state index in [0.717, 1.165) is 11.3 Å². The van der Waals surface area contributed by atoms with E-state index in [4.69, 9.17) is 0 Å². The summed E-state index contributed by atoms with van der Waals surface area (Å²) in [6.45, 7) is 11.8. The Labute approximate surface area is 247 Å². The third kappa shape index (κ3) is 4.56. The molecule has 2 aliphatic heterocycles. The number of fused-ring (bicyclic) bond motifs is 4. The molecule has 5 heteroatoms. The SMILES string of the molecule is CN1[CH-]N2c3[c-]cc4c(c3N(C)c3cccc1c32)C(C)(C)CCC4(C)C.[Ir+3].[c-]1ccccc1-c1ccccn1. The van der Waals surface area contributed by atoms with Gasteiger partial charge in [-0.3, -0.25) is 0 Å². The molecular weight excluding hydrogens is 657 g/mol. The van der Waals surface area contributed by atoms with E-state index in [1.54, 1.807) is 6.20 Å². The van der Waals surface area contributed by atoms with Crippen LogP contribution in [-0.2, 0) is 30.9 Å². The van der Waals surface area contributed by atoms with Crippen molar-refractivity contribution in [3.63, 3.8) is 0 Å². The van der Waals surface area contributed by atoms with Crippen LogP contribution < -0.4 is 14.7 Å². The molecule has 0 unspecified atom stereocenters. The van der Waals surface area contributed by atoms with Crippen LogP contribution in [0.3, 0.4) is 0 Å². The number of hydrogen-bond acceptors (Lipinski definition) is 4. The summed E-state index contributed by atoms with van der Waals surface area (Å²) in [6.07, 6.45) is 4.23. The minimum atomic E-state index is 0. The Balaban J connectivity index is 0.000000200. The Morgan fingerprint density at radius 1 is 0.821 bits per heavy atom. The summed E-state index contributed by atoms with van der Waals surface area (Å²) in [5.74, 6) is 0. The molecule has 0 amide bonds. The number of hydrogen-bond donors (Lipinski definition) is 0. The van der Waals surface area contributed by atoms with Gasteiger partial charge < -0.3 is 19.7 Å². The Hall–Kier alpha value is -3.14. The smallest absolute Gasteiger partial charge is 0.504 e. The molecule has 0 bridgehead atoms. The maximum absolute atomic E-state index is 4.22. The van der Waals surface area contributed by atoms with E-state index in [1.165, 1.54) is 52.4 Å². The molecule has 39 heavy (non-hydrogen) atoms. The fourth-order valence-electron chi connectivity index (χ4n) is 6.12. The third-order valence-corrected chi connectivity index (χ3v) is 8.36. The van der Waals surface area contributed by atoms with Crippen molar-refractivity contribution >= 4 is 28.4 Å². The van der Waals surface area contributed by atoms with Crippen LogP contribution in [0.4, 0.5) is 28.4 Å². The molecule has 0 radical (unpaired) electrons. The summed E-state index contributed by atoms with van der Waals surface area (Å²) in [5, 5.41) is 0. The van der Waals surface area contributed by atoms with Crippen molar-refractivity contribution in [2.75, 3.05) is 28.8 Å². The quantitative estimate of drug-likeness (QED) is 0.188. The number of nitrogens with zero attached hydrogens (tertiary/aromatic N) is 4. The fraction of sp³-hybridized carbons (Fsp3) is 0.294. The Morgan fingerprint density at radius 2 is 1.56 bits per heavy atom. The van der Waals surface area contributed by atoms with E-state index >= 15 is 0 Å². The van der Waals surface area contributed by atoms with Gasteiger partial charge in [-0.1, -0.05) is 63.4 Å². The second-order valence-electron chi connectivity index (χ2n) is 11.8. The predicted molar refractivity (Wildman–Crippen MR) is 158 cm³/mol. The van der Waals surface area contributed by atoms with Crippen molar-refractivity contribution < 1.29 is 20.1 Å². The molecule has 200 valence electrons. The van der Waals surface area contributed by atoms with Crippen molar-refractivity contribution in [2.24, 2.45) is 0 Å². The van der Waals surface area contributed by atoms with Crippen LogP contribution in [0.15, 0.2) is 72.9 Å². The molecule has 7 rings (SSSR count). The van der Waals surface area contributed by atoms with Gasteiger partial charge in [0.05, 0.1) is 11.4 Å². The van der Waals surface area contributed by atoms with E-state index in [2.05, 4.69) is 105 Å². The standard InChI is InChI=1S/C23H27N3.C11H8N.Ir/c1-22(2)12-13-23(3,4)19-15(22)10-11-18-21(19)25(6)17-9-7-8-16-20(17)26(18)14-24(16)5;1-2-6-10(7-3-1)11-8-4-5-9-12-11;/h7-10,14H,12-13H2,1-6H3;1-6,8-9H;/q-2;-1;+3. The van der Waals surface area contributed by atoms with Gasteiger partial charge in [0.15, 0.2) is 0 Å². The van der Waals surface area contributed by atoms with Crippen LogP contribution in [0.5, 0.6) is 0 Å². The summed E-state index contributed by atoms with van der Waals surface area (Å²) >= 11 is 0.